The van der Waals surface area contributed by atoms with Crippen molar-refractivity contribution in [1.29, 1.82) is 5.26 Å². The molecular weight excluding hydrogens is 228 g/mol. The number of likely N-dealkylation sites (N-methyl/N-ethyl adjacent to an activating group) is 1. The molecule has 0 aliphatic rings. The minimum Gasteiger partial charge on any atom is -0.461 e. The van der Waals surface area contributed by atoms with Gasteiger partial charge >= 0.3 is 0 Å². The monoisotopic (exact) mass is 240 g/mol. The number of carbonyl (C=O) groups excluding carboxylic acids is 1. The van der Waals surface area contributed by atoms with Crippen molar-refractivity contribution < 1.29 is 9.21 Å². The number of hydrogen-bond donors (Lipinski definition) is 0. The van der Waals surface area contributed by atoms with E-state index < -0.39 is 0 Å². The van der Waals surface area contributed by atoms with Crippen molar-refractivity contribution >= 4 is 11.5 Å². The van der Waals surface area contributed by atoms with Gasteiger partial charge in [-0.3, -0.25) is 4.79 Å². The Kier molecular flexibility index (Phi) is 3.44. The van der Waals surface area contributed by atoms with Crippen LogP contribution in [0, 0.1) is 11.3 Å². The molecule has 4 nitrogen and oxygen atoms in total. The Morgan fingerprint density at radius 3 is 2.78 bits per heavy atom. The molecule has 90 valence electrons. The first-order valence-electron chi connectivity index (χ1n) is 5.49. The molecule has 0 fully saturated rings. The van der Waals surface area contributed by atoms with E-state index in [0.29, 0.717) is 11.3 Å². The summed E-state index contributed by atoms with van der Waals surface area (Å²) in [4.78, 5) is 13.6. The summed E-state index contributed by atoms with van der Waals surface area (Å²) >= 11 is 0. The Morgan fingerprint density at radius 1 is 1.33 bits per heavy atom. The molecule has 0 spiro atoms. The van der Waals surface area contributed by atoms with E-state index in [1.807, 2.05) is 12.1 Å². The maximum absolute atomic E-state index is 11.9. The van der Waals surface area contributed by atoms with Gasteiger partial charge in [0.1, 0.15) is 6.07 Å². The fraction of sp³-hybridized carbons (Fsp3) is 0.143. The molecule has 0 radical (unpaired) electrons. The smallest absolute Gasteiger partial charge is 0.217 e. The highest BCUT2D eigenvalue weighted by Gasteiger charge is 2.14. The fourth-order valence-electron chi connectivity index (χ4n) is 1.72. The predicted molar refractivity (Wildman–Crippen MR) is 67.5 cm³/mol. The van der Waals surface area contributed by atoms with Gasteiger partial charge in [-0.1, -0.05) is 12.1 Å². The average molecular weight is 240 g/mol. The molecule has 0 unspecified atom stereocenters. The van der Waals surface area contributed by atoms with Crippen LogP contribution in [-0.4, -0.2) is 19.4 Å². The van der Waals surface area contributed by atoms with Gasteiger partial charge in [0.2, 0.25) is 5.78 Å². The summed E-state index contributed by atoms with van der Waals surface area (Å²) in [5.41, 5.74) is 1.28. The van der Waals surface area contributed by atoms with Gasteiger partial charge < -0.3 is 9.32 Å². The molecule has 1 aromatic heterocycles. The molecule has 2 aromatic rings. The number of rotatable bonds is 4. The average Bonchev–Trinajstić information content (AvgIpc) is 2.92. The van der Waals surface area contributed by atoms with Gasteiger partial charge in [-0.05, 0) is 24.3 Å². The SMILES string of the molecule is CN(CC(=O)c1ccco1)c1ccccc1C#N. The van der Waals surface area contributed by atoms with Crippen LogP contribution >= 0.6 is 0 Å². The largest absolute Gasteiger partial charge is 0.461 e. The number of nitrogens with zero attached hydrogens (tertiary/aromatic N) is 2. The zero-order valence-corrected chi connectivity index (χ0v) is 9.96. The second-order valence-corrected chi connectivity index (χ2v) is 3.89. The highest BCUT2D eigenvalue weighted by Crippen LogP contribution is 2.18. The van der Waals surface area contributed by atoms with E-state index in [-0.39, 0.29) is 12.3 Å². The number of anilines is 1. The van der Waals surface area contributed by atoms with Crippen LogP contribution in [0.3, 0.4) is 0 Å². The van der Waals surface area contributed by atoms with Crippen LogP contribution < -0.4 is 4.90 Å². The first kappa shape index (κ1) is 11.9. The van der Waals surface area contributed by atoms with Gasteiger partial charge in [0.15, 0.2) is 5.76 Å². The molecule has 2 rings (SSSR count). The number of ketones is 1. The molecule has 0 N–H and O–H groups in total. The first-order chi connectivity index (χ1) is 8.72. The molecule has 0 saturated heterocycles. The Bertz CT molecular complexity index is 582. The highest BCUT2D eigenvalue weighted by molar-refractivity contribution is 5.96. The Morgan fingerprint density at radius 2 is 2.11 bits per heavy atom. The maximum Gasteiger partial charge on any atom is 0.217 e. The Labute approximate surface area is 105 Å². The predicted octanol–water partition coefficient (Wildman–Crippen LogP) is 2.47. The second-order valence-electron chi connectivity index (χ2n) is 3.89. The van der Waals surface area contributed by atoms with Crippen molar-refractivity contribution in [1.82, 2.24) is 0 Å². The van der Waals surface area contributed by atoms with Gasteiger partial charge in [0, 0.05) is 7.05 Å². The van der Waals surface area contributed by atoms with Gasteiger partial charge in [0.25, 0.3) is 0 Å². The Hall–Kier alpha value is -2.54. The first-order valence-corrected chi connectivity index (χ1v) is 5.49. The Balaban J connectivity index is 2.15. The van der Waals surface area contributed by atoms with Crippen LogP contribution in [0.5, 0.6) is 0 Å². The van der Waals surface area contributed by atoms with E-state index in [1.165, 1.54) is 6.26 Å². The molecule has 0 aliphatic heterocycles. The molecule has 1 aromatic carbocycles. The summed E-state index contributed by atoms with van der Waals surface area (Å²) in [6.07, 6.45) is 1.47. The van der Waals surface area contributed by atoms with Gasteiger partial charge in [-0.25, -0.2) is 0 Å². The van der Waals surface area contributed by atoms with Crippen LogP contribution in [0.2, 0.25) is 0 Å². The zero-order valence-electron chi connectivity index (χ0n) is 9.96. The number of furan rings is 1. The lowest BCUT2D eigenvalue weighted by Crippen LogP contribution is -2.26. The summed E-state index contributed by atoms with van der Waals surface area (Å²) in [6, 6.07) is 12.6. The van der Waals surface area contributed by atoms with Crippen molar-refractivity contribution in [3.8, 4) is 6.07 Å². The quantitative estimate of drug-likeness (QED) is 0.770. The van der Waals surface area contributed by atoms with E-state index in [0.717, 1.165) is 5.69 Å². The summed E-state index contributed by atoms with van der Waals surface area (Å²) in [7, 11) is 1.77. The molecular formula is C14H12N2O2. The minimum absolute atomic E-state index is 0.116. The number of Topliss-reactive ketones (excluding diaryl/α,β-unsaturated/α-hetero) is 1. The van der Waals surface area contributed by atoms with E-state index in [1.54, 1.807) is 36.2 Å². The van der Waals surface area contributed by atoms with Crippen LogP contribution in [0.4, 0.5) is 5.69 Å². The van der Waals surface area contributed by atoms with Gasteiger partial charge in [-0.2, -0.15) is 5.26 Å². The summed E-state index contributed by atoms with van der Waals surface area (Å²) in [6.45, 7) is 0.173. The number of hydrogen-bond acceptors (Lipinski definition) is 4. The molecule has 0 bridgehead atoms. The second kappa shape index (κ2) is 5.19. The fourth-order valence-corrected chi connectivity index (χ4v) is 1.72. The van der Waals surface area contributed by atoms with Crippen molar-refractivity contribution in [3.05, 3.63) is 54.0 Å². The third-order valence-electron chi connectivity index (χ3n) is 2.61. The van der Waals surface area contributed by atoms with E-state index >= 15 is 0 Å². The third kappa shape index (κ3) is 2.41. The highest BCUT2D eigenvalue weighted by atomic mass is 16.3. The number of nitriles is 1. The normalized spacial score (nSPS) is 9.78. The number of para-hydroxylation sites is 1. The van der Waals surface area contributed by atoms with E-state index in [9.17, 15) is 4.79 Å². The summed E-state index contributed by atoms with van der Waals surface area (Å²) in [5, 5.41) is 9.01. The molecule has 0 atom stereocenters. The lowest BCUT2D eigenvalue weighted by molar-refractivity contribution is 0.0974. The molecule has 1 heterocycles. The molecule has 0 saturated carbocycles. The van der Waals surface area contributed by atoms with Crippen LogP contribution in [0.15, 0.2) is 47.1 Å². The molecule has 18 heavy (non-hydrogen) atoms. The van der Waals surface area contributed by atoms with Crippen molar-refractivity contribution in [2.24, 2.45) is 0 Å². The number of carbonyl (C=O) groups is 1. The minimum atomic E-state index is -0.116. The summed E-state index contributed by atoms with van der Waals surface area (Å²) in [5.74, 6) is 0.214. The lowest BCUT2D eigenvalue weighted by Gasteiger charge is -2.18. The van der Waals surface area contributed by atoms with Gasteiger partial charge in [0.05, 0.1) is 24.1 Å². The molecule has 0 amide bonds. The third-order valence-corrected chi connectivity index (χ3v) is 2.61. The zero-order chi connectivity index (χ0) is 13.0. The van der Waals surface area contributed by atoms with Crippen molar-refractivity contribution in [2.45, 2.75) is 0 Å². The lowest BCUT2D eigenvalue weighted by atomic mass is 10.1. The topological polar surface area (TPSA) is 57.2 Å². The van der Waals surface area contributed by atoms with E-state index in [2.05, 4.69) is 6.07 Å². The van der Waals surface area contributed by atoms with Crippen molar-refractivity contribution in [2.75, 3.05) is 18.5 Å². The summed E-state index contributed by atoms with van der Waals surface area (Å²) < 4.78 is 5.05. The van der Waals surface area contributed by atoms with E-state index in [4.69, 9.17) is 9.68 Å². The van der Waals surface area contributed by atoms with Crippen LogP contribution in [0.25, 0.3) is 0 Å². The standard InChI is InChI=1S/C14H12N2O2/c1-16(10-13(17)14-7-4-8-18-14)12-6-3-2-5-11(12)9-15/h2-8H,10H2,1H3. The molecule has 4 heteroatoms. The van der Waals surface area contributed by atoms with Crippen molar-refractivity contribution in [3.63, 3.8) is 0 Å². The maximum atomic E-state index is 11.9. The molecule has 0 aliphatic carbocycles. The van der Waals surface area contributed by atoms with Gasteiger partial charge in [-0.15, -0.1) is 0 Å². The van der Waals surface area contributed by atoms with Crippen LogP contribution in [0.1, 0.15) is 16.1 Å². The van der Waals surface area contributed by atoms with Crippen LogP contribution in [-0.2, 0) is 0 Å². The number of benzene rings is 1.